The first-order chi connectivity index (χ1) is 9.90. The zero-order chi connectivity index (χ0) is 15.6. The normalized spacial score (nSPS) is 10.2. The van der Waals surface area contributed by atoms with Crippen LogP contribution < -0.4 is 10.6 Å². The molecule has 5 heteroatoms. The van der Waals surface area contributed by atoms with Gasteiger partial charge in [0.1, 0.15) is 4.99 Å². The van der Waals surface area contributed by atoms with Crippen LogP contribution in [0.4, 0.5) is 5.69 Å². The van der Waals surface area contributed by atoms with Crippen LogP contribution in [-0.4, -0.2) is 17.9 Å². The molecule has 0 bridgehead atoms. The Morgan fingerprint density at radius 1 is 1.19 bits per heavy atom. The van der Waals surface area contributed by atoms with Crippen LogP contribution in [0.3, 0.4) is 0 Å². The van der Waals surface area contributed by atoms with Crippen LogP contribution in [-0.2, 0) is 0 Å². The Balaban J connectivity index is 2.32. The molecule has 2 aromatic carbocycles. The molecule has 0 spiro atoms. The molecule has 3 nitrogen and oxygen atoms in total. The summed E-state index contributed by atoms with van der Waals surface area (Å²) in [6, 6.07) is 12.9. The van der Waals surface area contributed by atoms with E-state index in [1.54, 1.807) is 18.0 Å². The summed E-state index contributed by atoms with van der Waals surface area (Å²) >= 11 is 8.40. The maximum absolute atomic E-state index is 12.5. The molecule has 2 N–H and O–H groups in total. The van der Waals surface area contributed by atoms with Gasteiger partial charge in [-0.05, 0) is 42.8 Å². The third-order valence-electron chi connectivity index (χ3n) is 3.23. The van der Waals surface area contributed by atoms with Crippen LogP contribution in [0.2, 0.25) is 0 Å². The van der Waals surface area contributed by atoms with E-state index in [-0.39, 0.29) is 5.91 Å². The van der Waals surface area contributed by atoms with Gasteiger partial charge < -0.3 is 10.6 Å². The Labute approximate surface area is 137 Å². The van der Waals surface area contributed by atoms with Crippen LogP contribution in [0.25, 0.3) is 0 Å². The Morgan fingerprint density at radius 2 is 1.90 bits per heavy atom. The van der Waals surface area contributed by atoms with Gasteiger partial charge in [0.25, 0.3) is 5.91 Å². The lowest BCUT2D eigenvalue weighted by molar-refractivity contribution is 0.0993. The number of halogens is 1. The molecule has 0 saturated heterocycles. The van der Waals surface area contributed by atoms with E-state index in [0.29, 0.717) is 10.6 Å². The smallest absolute Gasteiger partial charge is 0.258 e. The van der Waals surface area contributed by atoms with Crippen molar-refractivity contribution >= 4 is 44.7 Å². The van der Waals surface area contributed by atoms with Crippen molar-refractivity contribution in [2.45, 2.75) is 6.92 Å². The quantitative estimate of drug-likeness (QED) is 0.847. The number of benzene rings is 2. The average molecular weight is 363 g/mol. The molecule has 0 aliphatic rings. The number of anilines is 1. The maximum Gasteiger partial charge on any atom is 0.258 e. The van der Waals surface area contributed by atoms with E-state index in [1.807, 2.05) is 43.3 Å². The van der Waals surface area contributed by atoms with Crippen molar-refractivity contribution in [3.8, 4) is 0 Å². The number of amides is 1. The van der Waals surface area contributed by atoms with Gasteiger partial charge in [-0.3, -0.25) is 4.79 Å². The summed E-state index contributed by atoms with van der Waals surface area (Å²) in [5.74, 6) is -0.0781. The van der Waals surface area contributed by atoms with E-state index in [4.69, 9.17) is 18.0 Å². The molecular weight excluding hydrogens is 348 g/mol. The monoisotopic (exact) mass is 362 g/mol. The van der Waals surface area contributed by atoms with Crippen molar-refractivity contribution in [1.29, 1.82) is 0 Å². The third-order valence-corrected chi connectivity index (χ3v) is 4.35. The zero-order valence-corrected chi connectivity index (χ0v) is 14.2. The van der Waals surface area contributed by atoms with Crippen molar-refractivity contribution < 1.29 is 4.79 Å². The Hall–Kier alpha value is -1.72. The molecule has 0 atom stereocenters. The molecule has 0 unspecified atom stereocenters. The number of thiocarbonyl (C=S) groups is 1. The second kappa shape index (κ2) is 6.37. The fourth-order valence-electron chi connectivity index (χ4n) is 1.96. The highest BCUT2D eigenvalue weighted by molar-refractivity contribution is 9.10. The first kappa shape index (κ1) is 15.7. The predicted octanol–water partition coefficient (Wildman–Crippen LogP) is 3.67. The Bertz CT molecular complexity index is 715. The molecule has 0 aliphatic heterocycles. The molecule has 2 rings (SSSR count). The van der Waals surface area contributed by atoms with Gasteiger partial charge in [-0.1, -0.05) is 40.3 Å². The zero-order valence-electron chi connectivity index (χ0n) is 11.8. The van der Waals surface area contributed by atoms with Gasteiger partial charge in [0.2, 0.25) is 0 Å². The van der Waals surface area contributed by atoms with Crippen molar-refractivity contribution in [1.82, 2.24) is 0 Å². The first-order valence-corrected chi connectivity index (χ1v) is 7.54. The van der Waals surface area contributed by atoms with E-state index in [0.717, 1.165) is 21.3 Å². The third kappa shape index (κ3) is 3.49. The molecule has 1 amide bonds. The average Bonchev–Trinajstić information content (AvgIpc) is 2.48. The Kier molecular flexibility index (Phi) is 4.75. The van der Waals surface area contributed by atoms with Crippen LogP contribution in [0, 0.1) is 6.92 Å². The van der Waals surface area contributed by atoms with Gasteiger partial charge >= 0.3 is 0 Å². The van der Waals surface area contributed by atoms with Gasteiger partial charge in [-0.2, -0.15) is 0 Å². The van der Waals surface area contributed by atoms with Gasteiger partial charge in [-0.15, -0.1) is 0 Å². The van der Waals surface area contributed by atoms with E-state index in [1.165, 1.54) is 0 Å². The van der Waals surface area contributed by atoms with Crippen molar-refractivity contribution in [2.24, 2.45) is 5.73 Å². The molecule has 0 heterocycles. The molecule has 0 radical (unpaired) electrons. The molecule has 0 aromatic heterocycles. The number of carbonyl (C=O) groups is 1. The van der Waals surface area contributed by atoms with Crippen molar-refractivity contribution in [3.63, 3.8) is 0 Å². The van der Waals surface area contributed by atoms with Gasteiger partial charge in [0.15, 0.2) is 0 Å². The minimum Gasteiger partial charge on any atom is -0.389 e. The van der Waals surface area contributed by atoms with Gasteiger partial charge in [0.05, 0.1) is 0 Å². The number of hydrogen-bond donors (Lipinski definition) is 1. The van der Waals surface area contributed by atoms with Gasteiger partial charge in [-0.25, -0.2) is 0 Å². The van der Waals surface area contributed by atoms with E-state index in [9.17, 15) is 4.79 Å². The van der Waals surface area contributed by atoms with Crippen LogP contribution >= 0.6 is 28.1 Å². The largest absolute Gasteiger partial charge is 0.389 e. The molecular formula is C16H15BrN2OS. The molecule has 0 fully saturated rings. The van der Waals surface area contributed by atoms with Crippen molar-refractivity contribution in [2.75, 3.05) is 11.9 Å². The summed E-state index contributed by atoms with van der Waals surface area (Å²) in [6.07, 6.45) is 0. The topological polar surface area (TPSA) is 46.3 Å². The summed E-state index contributed by atoms with van der Waals surface area (Å²) in [7, 11) is 1.73. The fraction of sp³-hybridized carbons (Fsp3) is 0.125. The standard InChI is InChI=1S/C16H15BrN2OS/c1-10-8-12(6-7-14(10)17)16(20)19(2)13-5-3-4-11(9-13)15(18)21/h3-9H,1-2H3,(H2,18,21). The summed E-state index contributed by atoms with van der Waals surface area (Å²) < 4.78 is 0.984. The first-order valence-electron chi connectivity index (χ1n) is 6.34. The molecule has 21 heavy (non-hydrogen) atoms. The second-order valence-corrected chi connectivity index (χ2v) is 6.04. The highest BCUT2D eigenvalue weighted by atomic mass is 79.9. The summed E-state index contributed by atoms with van der Waals surface area (Å²) in [5.41, 5.74) is 8.79. The highest BCUT2D eigenvalue weighted by Gasteiger charge is 2.14. The van der Waals surface area contributed by atoms with Crippen LogP contribution in [0.1, 0.15) is 21.5 Å². The van der Waals surface area contributed by atoms with E-state index < -0.39 is 0 Å². The lowest BCUT2D eigenvalue weighted by Gasteiger charge is -2.18. The second-order valence-electron chi connectivity index (χ2n) is 4.74. The fourth-order valence-corrected chi connectivity index (χ4v) is 2.33. The predicted molar refractivity (Wildman–Crippen MR) is 93.9 cm³/mol. The number of nitrogens with two attached hydrogens (primary N) is 1. The van der Waals surface area contributed by atoms with E-state index >= 15 is 0 Å². The number of carbonyl (C=O) groups excluding carboxylic acids is 1. The molecule has 0 saturated carbocycles. The summed E-state index contributed by atoms with van der Waals surface area (Å²) in [4.78, 5) is 14.4. The molecule has 108 valence electrons. The lowest BCUT2D eigenvalue weighted by Crippen LogP contribution is -2.26. The van der Waals surface area contributed by atoms with Crippen molar-refractivity contribution in [3.05, 3.63) is 63.6 Å². The number of hydrogen-bond acceptors (Lipinski definition) is 2. The highest BCUT2D eigenvalue weighted by Crippen LogP contribution is 2.21. The molecule has 2 aromatic rings. The Morgan fingerprint density at radius 3 is 2.52 bits per heavy atom. The number of nitrogens with zero attached hydrogens (tertiary/aromatic N) is 1. The van der Waals surface area contributed by atoms with E-state index in [2.05, 4.69) is 15.9 Å². The number of rotatable bonds is 3. The SMILES string of the molecule is Cc1cc(C(=O)N(C)c2cccc(C(N)=S)c2)ccc1Br. The van der Waals surface area contributed by atoms with Gasteiger partial charge in [0, 0.05) is 28.3 Å². The maximum atomic E-state index is 12.5. The minimum absolute atomic E-state index is 0.0781. The number of aryl methyl sites for hydroxylation is 1. The lowest BCUT2D eigenvalue weighted by atomic mass is 10.1. The minimum atomic E-state index is -0.0781. The van der Waals surface area contributed by atoms with Crippen LogP contribution in [0.5, 0.6) is 0 Å². The van der Waals surface area contributed by atoms with Crippen LogP contribution in [0.15, 0.2) is 46.9 Å². The molecule has 0 aliphatic carbocycles. The summed E-state index contributed by atoms with van der Waals surface area (Å²) in [5, 5.41) is 0. The summed E-state index contributed by atoms with van der Waals surface area (Å²) in [6.45, 7) is 1.95.